The molecule has 8 atom stereocenters. The molecular weight excluding hydrogens is 873 g/mol. The second-order valence-corrected chi connectivity index (χ2v) is 22.6. The van der Waals surface area contributed by atoms with E-state index in [-0.39, 0.29) is 42.2 Å². The number of amides is 4. The van der Waals surface area contributed by atoms with Crippen LogP contribution in [-0.4, -0.2) is 108 Å². The number of aromatic amines is 1. The van der Waals surface area contributed by atoms with Crippen molar-refractivity contribution >= 4 is 44.7 Å². The van der Waals surface area contributed by atoms with Crippen LogP contribution in [0.25, 0.3) is 10.9 Å². The predicted octanol–water partition coefficient (Wildman–Crippen LogP) is 6.63. The van der Waals surface area contributed by atoms with Gasteiger partial charge in [-0.15, -0.1) is 6.58 Å². The number of nitrogens with one attached hydrogen (secondary N) is 4. The number of sulfonamides is 1. The van der Waals surface area contributed by atoms with Crippen LogP contribution >= 0.6 is 0 Å². The van der Waals surface area contributed by atoms with Crippen molar-refractivity contribution in [2.75, 3.05) is 26.2 Å². The molecule has 4 N–H and O–H groups in total. The number of benzene rings is 1. The van der Waals surface area contributed by atoms with Gasteiger partial charge in [0.15, 0.2) is 0 Å². The molecule has 2 saturated heterocycles. The van der Waals surface area contributed by atoms with E-state index in [1.807, 2.05) is 24.3 Å². The molecule has 2 aliphatic heterocycles. The summed E-state index contributed by atoms with van der Waals surface area (Å²) in [5.41, 5.74) is -0.180. The third-order valence-corrected chi connectivity index (χ3v) is 18.2. The summed E-state index contributed by atoms with van der Waals surface area (Å²) in [6.07, 6.45) is 15.4. The van der Waals surface area contributed by atoms with E-state index in [1.165, 1.54) is 23.8 Å². The number of likely N-dealkylation sites (tertiary alicyclic amines) is 2. The second-order valence-electron chi connectivity index (χ2n) is 20.6. The van der Waals surface area contributed by atoms with Gasteiger partial charge in [-0.1, -0.05) is 57.7 Å². The summed E-state index contributed by atoms with van der Waals surface area (Å²) in [7, 11) is -3.87. The zero-order chi connectivity index (χ0) is 47.3. The SMILES string of the molecule is C=CCC(CC)(NC(=O)C1CCCN1C(=O)C(NC(=O)OC1CCCC1CCCCCc1c(OCCN2CC3CCC2C3C)c2ccccc2[nH]c1=O)C1CCCC1)C(=O)NS(=O)(=O)C1CC1. The monoisotopic (exact) mass is 947 g/mol. The molecule has 4 saturated carbocycles. The van der Waals surface area contributed by atoms with Crippen LogP contribution in [0.1, 0.15) is 141 Å². The Bertz CT molecular complexity index is 2290. The molecule has 6 fully saturated rings. The van der Waals surface area contributed by atoms with Crippen LogP contribution in [0.5, 0.6) is 5.75 Å². The van der Waals surface area contributed by atoms with Gasteiger partial charge in [0.05, 0.1) is 16.3 Å². The summed E-state index contributed by atoms with van der Waals surface area (Å²) >= 11 is 0. The molecule has 8 rings (SSSR count). The highest BCUT2D eigenvalue weighted by Gasteiger charge is 2.48. The number of unbranched alkanes of at least 4 members (excludes halogenated alkanes) is 2. The molecule has 4 amide bonds. The Kier molecular flexibility index (Phi) is 15.7. The molecule has 15 nitrogen and oxygen atoms in total. The molecule has 1 aromatic heterocycles. The number of rotatable bonds is 22. The number of aromatic nitrogens is 1. The zero-order valence-corrected chi connectivity index (χ0v) is 40.6. The maximum Gasteiger partial charge on any atom is 0.408 e. The van der Waals surface area contributed by atoms with E-state index in [9.17, 15) is 32.4 Å². The van der Waals surface area contributed by atoms with Gasteiger partial charge in [0.25, 0.3) is 11.5 Å². The van der Waals surface area contributed by atoms with Crippen molar-refractivity contribution in [2.45, 2.75) is 177 Å². The number of para-hydroxylation sites is 1. The molecule has 368 valence electrons. The van der Waals surface area contributed by atoms with Crippen LogP contribution in [-0.2, 0) is 35.6 Å². The van der Waals surface area contributed by atoms with E-state index >= 15 is 0 Å². The van der Waals surface area contributed by atoms with Crippen molar-refractivity contribution in [2.24, 2.45) is 23.7 Å². The Morgan fingerprint density at radius 1 is 0.970 bits per heavy atom. The van der Waals surface area contributed by atoms with Crippen molar-refractivity contribution in [1.29, 1.82) is 0 Å². The first kappa shape index (κ1) is 49.0. The fourth-order valence-electron chi connectivity index (χ4n) is 12.3. The molecule has 4 aliphatic carbocycles. The zero-order valence-electron chi connectivity index (χ0n) is 39.7. The highest BCUT2D eigenvalue weighted by Crippen LogP contribution is 2.42. The number of pyridine rings is 1. The summed E-state index contributed by atoms with van der Waals surface area (Å²) in [6.45, 7) is 10.7. The first-order valence-corrected chi connectivity index (χ1v) is 27.1. The Morgan fingerprint density at radius 3 is 2.48 bits per heavy atom. The summed E-state index contributed by atoms with van der Waals surface area (Å²) in [4.78, 5) is 76.4. The molecular formula is C51H74N6O9S. The van der Waals surface area contributed by atoms with Crippen molar-refractivity contribution in [3.05, 3.63) is 52.8 Å². The van der Waals surface area contributed by atoms with Gasteiger partial charge in [0.1, 0.15) is 36.1 Å². The van der Waals surface area contributed by atoms with Crippen molar-refractivity contribution in [3.63, 3.8) is 0 Å². The van der Waals surface area contributed by atoms with Crippen LogP contribution in [0.3, 0.4) is 0 Å². The average Bonchev–Trinajstić information content (AvgIpc) is 3.73. The third kappa shape index (κ3) is 11.1. The average molecular weight is 947 g/mol. The largest absolute Gasteiger partial charge is 0.491 e. The maximum absolute atomic E-state index is 14.5. The Morgan fingerprint density at radius 2 is 1.76 bits per heavy atom. The molecule has 6 aliphatic rings. The van der Waals surface area contributed by atoms with Crippen molar-refractivity contribution in [3.8, 4) is 5.75 Å². The molecule has 1 aromatic carbocycles. The standard InChI is InChI=1S/C51H74N6O9S/c1-4-28-51(5-2,49(61)55-67(63,64)37-25-26-37)54-47(59)42-22-14-29-57(42)48(60)44(35-16-9-10-17-35)53-50(62)66-43-23-13-18-34(43)15-7-6-8-20-39-45(38-19-11-12-21-40(38)52-46(39)58)65-31-30-56-32-36-24-27-41(56)33(36)3/h4,11-12,19,21,33-37,41-44H,1,5-10,13-18,20,22-32H2,2-3H3,(H,52,58)(H,53,62)(H,54,59)(H,55,61). The van der Waals surface area contributed by atoms with Gasteiger partial charge in [0.2, 0.25) is 21.8 Å². The number of carbonyl (C=O) groups excluding carboxylic acids is 4. The lowest BCUT2D eigenvalue weighted by molar-refractivity contribution is -0.142. The number of H-pyrrole nitrogens is 1. The minimum atomic E-state index is -3.87. The smallest absolute Gasteiger partial charge is 0.408 e. The van der Waals surface area contributed by atoms with Crippen molar-refractivity contribution in [1.82, 2.24) is 30.1 Å². The van der Waals surface area contributed by atoms with Crippen LogP contribution < -0.4 is 25.7 Å². The van der Waals surface area contributed by atoms with Gasteiger partial charge in [-0.2, -0.15) is 0 Å². The van der Waals surface area contributed by atoms with Gasteiger partial charge >= 0.3 is 6.09 Å². The van der Waals surface area contributed by atoms with Gasteiger partial charge in [-0.25, -0.2) is 13.2 Å². The molecule has 8 unspecified atom stereocenters. The van der Waals surface area contributed by atoms with Gasteiger partial charge < -0.3 is 30.0 Å². The lowest BCUT2D eigenvalue weighted by atomic mass is 9.90. The van der Waals surface area contributed by atoms with Crippen LogP contribution in [0, 0.1) is 23.7 Å². The van der Waals surface area contributed by atoms with Gasteiger partial charge in [-0.3, -0.25) is 28.8 Å². The maximum atomic E-state index is 14.5. The Balaban J connectivity index is 0.841. The third-order valence-electron chi connectivity index (χ3n) is 16.4. The topological polar surface area (TPSA) is 196 Å². The minimum absolute atomic E-state index is 0.00407. The molecule has 3 heterocycles. The minimum Gasteiger partial charge on any atom is -0.491 e. The van der Waals surface area contributed by atoms with Crippen LogP contribution in [0.15, 0.2) is 41.7 Å². The lowest BCUT2D eigenvalue weighted by Gasteiger charge is -2.35. The number of piperidine rings is 1. The number of hydrogen-bond acceptors (Lipinski definition) is 10. The Labute approximate surface area is 396 Å². The number of nitrogens with zero attached hydrogens (tertiary/aromatic N) is 2. The summed E-state index contributed by atoms with van der Waals surface area (Å²) in [5, 5.41) is 6.12. The predicted molar refractivity (Wildman–Crippen MR) is 257 cm³/mol. The highest BCUT2D eigenvalue weighted by atomic mass is 32.2. The molecule has 2 bridgehead atoms. The molecule has 67 heavy (non-hydrogen) atoms. The molecule has 2 aromatic rings. The van der Waals surface area contributed by atoms with E-state index in [2.05, 4.69) is 38.7 Å². The highest BCUT2D eigenvalue weighted by molar-refractivity contribution is 7.91. The van der Waals surface area contributed by atoms with Gasteiger partial charge in [-0.05, 0) is 139 Å². The van der Waals surface area contributed by atoms with E-state index in [0.717, 1.165) is 106 Å². The van der Waals surface area contributed by atoms with E-state index in [4.69, 9.17) is 9.47 Å². The number of alkyl carbamates (subject to hydrolysis) is 1. The van der Waals surface area contributed by atoms with Crippen LogP contribution in [0.2, 0.25) is 0 Å². The van der Waals surface area contributed by atoms with Crippen molar-refractivity contribution < 1.29 is 37.1 Å². The van der Waals surface area contributed by atoms with Crippen LogP contribution in [0.4, 0.5) is 4.79 Å². The molecule has 16 heteroatoms. The van der Waals surface area contributed by atoms with E-state index < -0.39 is 50.8 Å². The summed E-state index contributed by atoms with van der Waals surface area (Å²) in [6, 6.07) is 6.73. The fourth-order valence-corrected chi connectivity index (χ4v) is 13.7. The number of hydrogen-bond donors (Lipinski definition) is 4. The fraction of sp³-hybridized carbons (Fsp3) is 0.706. The lowest BCUT2D eigenvalue weighted by Crippen LogP contribution is -2.63. The summed E-state index contributed by atoms with van der Waals surface area (Å²) in [5.74, 6) is 0.615. The number of carbonyl (C=O) groups is 4. The molecule has 0 spiro atoms. The second kappa shape index (κ2) is 21.5. The van der Waals surface area contributed by atoms with E-state index in [1.54, 1.807) is 6.92 Å². The molecule has 0 radical (unpaired) electrons. The first-order chi connectivity index (χ1) is 32.3. The Hall–Kier alpha value is -4.44. The number of ether oxygens (including phenoxy) is 2. The van der Waals surface area contributed by atoms with Gasteiger partial charge in [0, 0.05) is 31.1 Å². The normalized spacial score (nSPS) is 26.6. The quantitative estimate of drug-likeness (QED) is 0.0735. The first-order valence-electron chi connectivity index (χ1n) is 25.6. The number of fused-ring (bicyclic) bond motifs is 3. The summed E-state index contributed by atoms with van der Waals surface area (Å²) < 4.78 is 40.3. The van der Waals surface area contributed by atoms with E-state index in [0.29, 0.717) is 62.6 Å².